The fourth-order valence-electron chi connectivity index (χ4n) is 1.38. The Morgan fingerprint density at radius 3 is 2.65 bits per heavy atom. The maximum atomic E-state index is 13.7. The molecule has 17 heavy (non-hydrogen) atoms. The molecule has 1 atom stereocenters. The highest BCUT2D eigenvalue weighted by Gasteiger charge is 2.19. The standard InChI is InChI=1S/C11H6Br2ClFOS/c12-6-4-8(17-11(6)13)10(16)5-2-1-3-7(14)9(5)15/h1-4,10,16H. The first kappa shape index (κ1) is 13.5. The lowest BCUT2D eigenvalue weighted by Crippen LogP contribution is -2.00. The van der Waals surface area contributed by atoms with E-state index in [9.17, 15) is 9.50 Å². The molecule has 0 aliphatic carbocycles. The lowest BCUT2D eigenvalue weighted by molar-refractivity contribution is 0.219. The third-order valence-electron chi connectivity index (χ3n) is 2.21. The molecule has 0 saturated heterocycles. The fourth-order valence-corrected chi connectivity index (χ4v) is 3.66. The van der Waals surface area contributed by atoms with Gasteiger partial charge in [-0.15, -0.1) is 11.3 Å². The van der Waals surface area contributed by atoms with Crippen LogP contribution in [0.2, 0.25) is 5.02 Å². The molecule has 1 aromatic heterocycles. The summed E-state index contributed by atoms with van der Waals surface area (Å²) < 4.78 is 15.4. The van der Waals surface area contributed by atoms with Crippen LogP contribution in [-0.4, -0.2) is 5.11 Å². The van der Waals surface area contributed by atoms with E-state index in [0.29, 0.717) is 4.88 Å². The van der Waals surface area contributed by atoms with Crippen LogP contribution in [0.4, 0.5) is 4.39 Å². The molecule has 6 heteroatoms. The zero-order valence-corrected chi connectivity index (χ0v) is 13.0. The van der Waals surface area contributed by atoms with Crippen LogP contribution in [0.1, 0.15) is 16.5 Å². The quantitative estimate of drug-likeness (QED) is 0.739. The predicted molar refractivity (Wildman–Crippen MR) is 75.2 cm³/mol. The van der Waals surface area contributed by atoms with Crippen LogP contribution in [0, 0.1) is 5.82 Å². The molecule has 0 aliphatic rings. The van der Waals surface area contributed by atoms with E-state index in [1.807, 2.05) is 0 Å². The zero-order chi connectivity index (χ0) is 12.6. The van der Waals surface area contributed by atoms with E-state index in [4.69, 9.17) is 11.6 Å². The van der Waals surface area contributed by atoms with Gasteiger partial charge in [0.15, 0.2) is 0 Å². The highest BCUT2D eigenvalue weighted by Crippen LogP contribution is 2.38. The van der Waals surface area contributed by atoms with Gasteiger partial charge in [0, 0.05) is 14.9 Å². The van der Waals surface area contributed by atoms with E-state index in [0.717, 1.165) is 8.26 Å². The minimum Gasteiger partial charge on any atom is -0.383 e. The Kier molecular flexibility index (Phi) is 4.26. The molecule has 1 aromatic carbocycles. The summed E-state index contributed by atoms with van der Waals surface area (Å²) in [6, 6.07) is 6.34. The number of rotatable bonds is 2. The largest absolute Gasteiger partial charge is 0.383 e. The molecular formula is C11H6Br2ClFOS. The van der Waals surface area contributed by atoms with E-state index >= 15 is 0 Å². The SMILES string of the molecule is OC(c1cc(Br)c(Br)s1)c1cccc(Cl)c1F. The minimum atomic E-state index is -1.01. The third-order valence-corrected chi connectivity index (χ3v) is 5.81. The van der Waals surface area contributed by atoms with E-state index in [2.05, 4.69) is 31.9 Å². The van der Waals surface area contributed by atoms with Gasteiger partial charge in [-0.1, -0.05) is 23.7 Å². The van der Waals surface area contributed by atoms with Crippen LogP contribution in [0.25, 0.3) is 0 Å². The van der Waals surface area contributed by atoms with Crippen molar-refractivity contribution in [3.05, 3.63) is 53.8 Å². The number of halogens is 4. The van der Waals surface area contributed by atoms with Gasteiger partial charge in [-0.2, -0.15) is 0 Å². The molecule has 0 spiro atoms. The number of hydrogen-bond acceptors (Lipinski definition) is 2. The maximum Gasteiger partial charge on any atom is 0.147 e. The molecule has 0 radical (unpaired) electrons. The van der Waals surface area contributed by atoms with Gasteiger partial charge in [-0.05, 0) is 44.0 Å². The molecule has 1 unspecified atom stereocenters. The van der Waals surface area contributed by atoms with Gasteiger partial charge < -0.3 is 5.11 Å². The van der Waals surface area contributed by atoms with Crippen LogP contribution < -0.4 is 0 Å². The highest BCUT2D eigenvalue weighted by atomic mass is 79.9. The molecular weight excluding hydrogens is 394 g/mol. The van der Waals surface area contributed by atoms with Gasteiger partial charge in [0.1, 0.15) is 11.9 Å². The van der Waals surface area contributed by atoms with Gasteiger partial charge in [0.05, 0.1) is 8.81 Å². The molecule has 0 fully saturated rings. The second kappa shape index (κ2) is 5.36. The van der Waals surface area contributed by atoms with Crippen molar-refractivity contribution in [3.8, 4) is 0 Å². The Hall–Kier alpha value is 0.0600. The molecule has 0 amide bonds. The van der Waals surface area contributed by atoms with Crippen molar-refractivity contribution < 1.29 is 9.50 Å². The summed E-state index contributed by atoms with van der Waals surface area (Å²) in [4.78, 5) is 0.643. The number of aliphatic hydroxyl groups is 1. The Morgan fingerprint density at radius 1 is 1.35 bits per heavy atom. The molecule has 0 bridgehead atoms. The average Bonchev–Trinajstić information content (AvgIpc) is 2.62. The van der Waals surface area contributed by atoms with E-state index in [-0.39, 0.29) is 10.6 Å². The van der Waals surface area contributed by atoms with Crippen molar-refractivity contribution in [1.82, 2.24) is 0 Å². The normalized spacial score (nSPS) is 12.8. The van der Waals surface area contributed by atoms with Crippen molar-refractivity contribution in [2.24, 2.45) is 0 Å². The van der Waals surface area contributed by atoms with E-state index in [1.165, 1.54) is 23.5 Å². The Balaban J connectivity index is 2.43. The smallest absolute Gasteiger partial charge is 0.147 e. The van der Waals surface area contributed by atoms with Gasteiger partial charge in [0.2, 0.25) is 0 Å². The van der Waals surface area contributed by atoms with Gasteiger partial charge in [-0.3, -0.25) is 0 Å². The Bertz CT molecular complexity index is 539. The first-order chi connectivity index (χ1) is 8.00. The summed E-state index contributed by atoms with van der Waals surface area (Å²) in [6.07, 6.45) is -1.01. The lowest BCUT2D eigenvalue weighted by atomic mass is 10.1. The van der Waals surface area contributed by atoms with Crippen molar-refractivity contribution >= 4 is 54.8 Å². The molecule has 1 N–H and O–H groups in total. The first-order valence-corrected chi connectivity index (χ1v) is 7.35. The van der Waals surface area contributed by atoms with E-state index in [1.54, 1.807) is 12.1 Å². The monoisotopic (exact) mass is 398 g/mol. The molecule has 0 aliphatic heterocycles. The van der Waals surface area contributed by atoms with Crippen LogP contribution in [0.5, 0.6) is 0 Å². The fraction of sp³-hybridized carbons (Fsp3) is 0.0909. The summed E-state index contributed by atoms with van der Waals surface area (Å²) in [5.74, 6) is -0.581. The zero-order valence-electron chi connectivity index (χ0n) is 8.25. The molecule has 1 heterocycles. The molecule has 2 rings (SSSR count). The second-order valence-electron chi connectivity index (χ2n) is 3.32. The Morgan fingerprint density at radius 2 is 2.06 bits per heavy atom. The van der Waals surface area contributed by atoms with Gasteiger partial charge in [-0.25, -0.2) is 4.39 Å². The summed E-state index contributed by atoms with van der Waals surface area (Å²) in [6.45, 7) is 0. The molecule has 0 saturated carbocycles. The van der Waals surface area contributed by atoms with Crippen molar-refractivity contribution in [1.29, 1.82) is 0 Å². The van der Waals surface area contributed by atoms with Crippen LogP contribution in [0.15, 0.2) is 32.5 Å². The van der Waals surface area contributed by atoms with Crippen molar-refractivity contribution in [2.45, 2.75) is 6.10 Å². The predicted octanol–water partition coefficient (Wildman–Crippen LogP) is 5.15. The lowest BCUT2D eigenvalue weighted by Gasteiger charge is -2.10. The summed E-state index contributed by atoms with van der Waals surface area (Å²) >= 11 is 13.7. The second-order valence-corrected chi connectivity index (χ2v) is 6.98. The van der Waals surface area contributed by atoms with Crippen LogP contribution >= 0.6 is 54.8 Å². The number of thiophene rings is 1. The molecule has 90 valence electrons. The first-order valence-electron chi connectivity index (χ1n) is 4.57. The minimum absolute atomic E-state index is 0.0104. The van der Waals surface area contributed by atoms with Crippen molar-refractivity contribution in [2.75, 3.05) is 0 Å². The number of aliphatic hydroxyl groups excluding tert-OH is 1. The summed E-state index contributed by atoms with van der Waals surface area (Å²) in [7, 11) is 0. The molecule has 2 aromatic rings. The third kappa shape index (κ3) is 2.74. The Labute approximate surface area is 123 Å². The topological polar surface area (TPSA) is 20.2 Å². The van der Waals surface area contributed by atoms with E-state index < -0.39 is 11.9 Å². The summed E-state index contributed by atoms with van der Waals surface area (Å²) in [5.41, 5.74) is 0.179. The van der Waals surface area contributed by atoms with Gasteiger partial charge in [0.25, 0.3) is 0 Å². The van der Waals surface area contributed by atoms with Crippen LogP contribution in [-0.2, 0) is 0 Å². The molecule has 1 nitrogen and oxygen atoms in total. The summed E-state index contributed by atoms with van der Waals surface area (Å²) in [5, 5.41) is 10.1. The number of benzene rings is 1. The maximum absolute atomic E-state index is 13.7. The van der Waals surface area contributed by atoms with Crippen LogP contribution in [0.3, 0.4) is 0 Å². The average molecular weight is 400 g/mol. The van der Waals surface area contributed by atoms with Crippen molar-refractivity contribution in [3.63, 3.8) is 0 Å². The number of hydrogen-bond donors (Lipinski definition) is 1. The van der Waals surface area contributed by atoms with Gasteiger partial charge >= 0.3 is 0 Å². The highest BCUT2D eigenvalue weighted by molar-refractivity contribution is 9.13.